The lowest BCUT2D eigenvalue weighted by Gasteiger charge is -2.47. The molecule has 1 amide bonds. The van der Waals surface area contributed by atoms with Gasteiger partial charge in [-0.05, 0) is 30.9 Å². The first kappa shape index (κ1) is 13.4. The lowest BCUT2D eigenvalue weighted by molar-refractivity contribution is -0.147. The van der Waals surface area contributed by atoms with E-state index in [-0.39, 0.29) is 23.8 Å². The van der Waals surface area contributed by atoms with Gasteiger partial charge in [-0.1, -0.05) is 30.4 Å². The highest BCUT2D eigenvalue weighted by molar-refractivity contribution is 5.87. The number of para-hydroxylation sites is 1. The third-order valence-corrected chi connectivity index (χ3v) is 5.90. The highest BCUT2D eigenvalue weighted by atomic mass is 16.3. The zero-order valence-corrected chi connectivity index (χ0v) is 12.9. The Bertz CT molecular complexity index is 822. The van der Waals surface area contributed by atoms with E-state index in [1.54, 1.807) is 0 Å². The number of aromatic amines is 1. The maximum Gasteiger partial charge on any atom is 0.230 e. The van der Waals surface area contributed by atoms with E-state index in [4.69, 9.17) is 0 Å². The van der Waals surface area contributed by atoms with Crippen LogP contribution in [0.4, 0.5) is 0 Å². The lowest BCUT2D eigenvalue weighted by atomic mass is 9.72. The Morgan fingerprint density at radius 3 is 3.04 bits per heavy atom. The van der Waals surface area contributed by atoms with Gasteiger partial charge in [0.15, 0.2) is 0 Å². The number of H-pyrrole nitrogens is 1. The minimum Gasteiger partial charge on any atom is -0.392 e. The number of piperidine rings is 1. The first-order valence-corrected chi connectivity index (χ1v) is 8.48. The summed E-state index contributed by atoms with van der Waals surface area (Å²) in [4.78, 5) is 18.5. The van der Waals surface area contributed by atoms with E-state index in [1.165, 1.54) is 16.6 Å². The molecule has 0 spiro atoms. The van der Waals surface area contributed by atoms with Crippen LogP contribution in [0.15, 0.2) is 36.4 Å². The topological polar surface area (TPSA) is 56.3 Å². The van der Waals surface area contributed by atoms with Gasteiger partial charge in [0.2, 0.25) is 5.91 Å². The van der Waals surface area contributed by atoms with Crippen molar-refractivity contribution in [3.63, 3.8) is 0 Å². The molecule has 2 N–H and O–H groups in total. The average Bonchev–Trinajstić information content (AvgIpc) is 2.95. The zero-order chi connectivity index (χ0) is 15.6. The van der Waals surface area contributed by atoms with Crippen LogP contribution in [0.25, 0.3) is 10.9 Å². The second-order valence-electron chi connectivity index (χ2n) is 7.02. The normalized spacial score (nSPS) is 32.6. The van der Waals surface area contributed by atoms with E-state index in [2.05, 4.69) is 23.2 Å². The van der Waals surface area contributed by atoms with Crippen molar-refractivity contribution in [1.29, 1.82) is 0 Å². The summed E-state index contributed by atoms with van der Waals surface area (Å²) in [6, 6.07) is 8.46. The van der Waals surface area contributed by atoms with Gasteiger partial charge in [0.1, 0.15) is 0 Å². The number of hydrogen-bond donors (Lipinski definition) is 2. The molecule has 23 heavy (non-hydrogen) atoms. The van der Waals surface area contributed by atoms with E-state index in [0.29, 0.717) is 6.42 Å². The van der Waals surface area contributed by atoms with E-state index < -0.39 is 6.10 Å². The Balaban J connectivity index is 1.62. The fourth-order valence-corrected chi connectivity index (χ4v) is 4.77. The summed E-state index contributed by atoms with van der Waals surface area (Å²) in [7, 11) is 0. The van der Waals surface area contributed by atoms with Gasteiger partial charge < -0.3 is 15.0 Å². The molecule has 4 heteroatoms. The number of aromatic nitrogens is 1. The number of nitrogens with one attached hydrogen (secondary N) is 1. The summed E-state index contributed by atoms with van der Waals surface area (Å²) in [5, 5.41) is 11.6. The number of amides is 1. The van der Waals surface area contributed by atoms with Crippen molar-refractivity contribution in [2.45, 2.75) is 31.4 Å². The molecule has 4 atom stereocenters. The van der Waals surface area contributed by atoms with Crippen LogP contribution in [0.2, 0.25) is 0 Å². The van der Waals surface area contributed by atoms with Crippen LogP contribution in [-0.2, 0) is 11.2 Å². The SMILES string of the molecule is O=C1[C@H]2C=CC[C@@H](O)[C@H]2C[C@H]2c3[nH]c4ccccc4c3CCN12. The molecule has 1 saturated heterocycles. The second-order valence-corrected chi connectivity index (χ2v) is 7.02. The van der Waals surface area contributed by atoms with E-state index >= 15 is 0 Å². The molecule has 0 bridgehead atoms. The fourth-order valence-electron chi connectivity index (χ4n) is 4.77. The Labute approximate surface area is 134 Å². The van der Waals surface area contributed by atoms with Crippen LogP contribution in [0.1, 0.15) is 30.1 Å². The van der Waals surface area contributed by atoms with Gasteiger partial charge in [-0.2, -0.15) is 0 Å². The molecular formula is C19H20N2O2. The number of aliphatic hydroxyl groups excluding tert-OH is 1. The molecule has 1 fully saturated rings. The second kappa shape index (κ2) is 4.71. The number of carbonyl (C=O) groups is 1. The zero-order valence-electron chi connectivity index (χ0n) is 12.9. The van der Waals surface area contributed by atoms with E-state index in [1.807, 2.05) is 23.1 Å². The van der Waals surface area contributed by atoms with Crippen molar-refractivity contribution in [2.75, 3.05) is 6.54 Å². The molecule has 2 aliphatic heterocycles. The third-order valence-electron chi connectivity index (χ3n) is 5.90. The van der Waals surface area contributed by atoms with Crippen LogP contribution in [0.3, 0.4) is 0 Å². The number of aliphatic hydroxyl groups is 1. The summed E-state index contributed by atoms with van der Waals surface area (Å²) < 4.78 is 0. The fraction of sp³-hybridized carbons (Fsp3) is 0.421. The van der Waals surface area contributed by atoms with Crippen molar-refractivity contribution in [3.8, 4) is 0 Å². The highest BCUT2D eigenvalue weighted by Crippen LogP contribution is 2.46. The first-order valence-electron chi connectivity index (χ1n) is 8.48. The molecule has 0 unspecified atom stereocenters. The van der Waals surface area contributed by atoms with Crippen molar-refractivity contribution in [3.05, 3.63) is 47.7 Å². The number of nitrogens with zero attached hydrogens (tertiary/aromatic N) is 1. The van der Waals surface area contributed by atoms with Gasteiger partial charge in [-0.25, -0.2) is 0 Å². The molecule has 5 rings (SSSR count). The summed E-state index contributed by atoms with van der Waals surface area (Å²) in [6.07, 6.45) is 6.00. The standard InChI is InChI=1S/C19H20N2O2/c22-17-7-3-5-13-14(17)10-16-18-12(8-9-21(16)19(13)23)11-4-1-2-6-15(11)20-18/h1-6,13-14,16-17,20,22H,7-10H2/t13-,14-,16-,17+/m0/s1. The van der Waals surface area contributed by atoms with Crippen molar-refractivity contribution >= 4 is 16.8 Å². The molecule has 2 aromatic rings. The Kier molecular flexibility index (Phi) is 2.74. The molecule has 1 aromatic heterocycles. The lowest BCUT2D eigenvalue weighted by Crippen LogP contribution is -2.52. The van der Waals surface area contributed by atoms with Gasteiger partial charge in [0.05, 0.1) is 18.1 Å². The predicted octanol–water partition coefficient (Wildman–Crippen LogP) is 2.55. The minimum atomic E-state index is -0.397. The Hall–Kier alpha value is -2.07. The van der Waals surface area contributed by atoms with Gasteiger partial charge in [-0.3, -0.25) is 4.79 Å². The number of hydrogen-bond acceptors (Lipinski definition) is 2. The molecule has 1 aromatic carbocycles. The Morgan fingerprint density at radius 2 is 2.13 bits per heavy atom. The maximum atomic E-state index is 12.9. The minimum absolute atomic E-state index is 0.0473. The Morgan fingerprint density at radius 1 is 1.26 bits per heavy atom. The molecule has 0 radical (unpaired) electrons. The van der Waals surface area contributed by atoms with Crippen LogP contribution in [0, 0.1) is 11.8 Å². The maximum absolute atomic E-state index is 12.9. The first-order chi connectivity index (χ1) is 11.2. The van der Waals surface area contributed by atoms with Gasteiger partial charge in [0, 0.05) is 29.1 Å². The molecular weight excluding hydrogens is 288 g/mol. The molecule has 0 saturated carbocycles. The summed E-state index contributed by atoms with van der Waals surface area (Å²) in [5.74, 6) is 0.0950. The molecule has 3 heterocycles. The number of benzene rings is 1. The summed E-state index contributed by atoms with van der Waals surface area (Å²) in [6.45, 7) is 0.783. The van der Waals surface area contributed by atoms with Crippen LogP contribution in [-0.4, -0.2) is 33.5 Å². The quantitative estimate of drug-likeness (QED) is 0.735. The highest BCUT2D eigenvalue weighted by Gasteiger charge is 2.47. The third kappa shape index (κ3) is 1.78. The van der Waals surface area contributed by atoms with Crippen molar-refractivity contribution in [2.24, 2.45) is 11.8 Å². The molecule has 3 aliphatic rings. The van der Waals surface area contributed by atoms with Crippen LogP contribution >= 0.6 is 0 Å². The monoisotopic (exact) mass is 308 g/mol. The summed E-state index contributed by atoms with van der Waals surface area (Å²) >= 11 is 0. The molecule has 118 valence electrons. The van der Waals surface area contributed by atoms with Crippen LogP contribution < -0.4 is 0 Å². The average molecular weight is 308 g/mol. The number of carbonyl (C=O) groups excluding carboxylic acids is 1. The van der Waals surface area contributed by atoms with Crippen LogP contribution in [0.5, 0.6) is 0 Å². The van der Waals surface area contributed by atoms with Gasteiger partial charge >= 0.3 is 0 Å². The number of rotatable bonds is 0. The van der Waals surface area contributed by atoms with Gasteiger partial charge in [-0.15, -0.1) is 0 Å². The molecule has 1 aliphatic carbocycles. The van der Waals surface area contributed by atoms with Gasteiger partial charge in [0.25, 0.3) is 0 Å². The predicted molar refractivity (Wildman–Crippen MR) is 87.8 cm³/mol. The van der Waals surface area contributed by atoms with E-state index in [9.17, 15) is 9.90 Å². The largest absolute Gasteiger partial charge is 0.392 e. The van der Waals surface area contributed by atoms with Crippen molar-refractivity contribution < 1.29 is 9.90 Å². The van der Waals surface area contributed by atoms with E-state index in [0.717, 1.165) is 24.9 Å². The number of fused-ring (bicyclic) bond motifs is 6. The van der Waals surface area contributed by atoms with Crippen molar-refractivity contribution in [1.82, 2.24) is 9.88 Å². The summed E-state index contributed by atoms with van der Waals surface area (Å²) in [5.41, 5.74) is 3.69. The smallest absolute Gasteiger partial charge is 0.230 e. The molecule has 4 nitrogen and oxygen atoms in total.